The molecule has 0 aliphatic carbocycles. The van der Waals surface area contributed by atoms with Crippen LogP contribution in [0.3, 0.4) is 0 Å². The van der Waals surface area contributed by atoms with Crippen LogP contribution in [0.15, 0.2) is 77.7 Å². The lowest BCUT2D eigenvalue weighted by molar-refractivity contribution is -0.139. The van der Waals surface area contributed by atoms with Gasteiger partial charge >= 0.3 is 0 Å². The number of benzene rings is 3. The second-order valence-corrected chi connectivity index (χ2v) is 12.2. The first-order chi connectivity index (χ1) is 18.4. The van der Waals surface area contributed by atoms with E-state index >= 15 is 0 Å². The maximum atomic E-state index is 14.0. The van der Waals surface area contributed by atoms with Crippen LogP contribution in [0, 0.1) is 26.7 Å². The van der Waals surface area contributed by atoms with Crippen LogP contribution in [0.4, 0.5) is 5.69 Å². The number of anilines is 1. The van der Waals surface area contributed by atoms with Crippen molar-refractivity contribution in [3.63, 3.8) is 0 Å². The molecule has 0 saturated heterocycles. The molecule has 1 atom stereocenters. The van der Waals surface area contributed by atoms with Crippen LogP contribution in [-0.2, 0) is 26.2 Å². The third-order valence-corrected chi connectivity index (χ3v) is 8.55. The van der Waals surface area contributed by atoms with Gasteiger partial charge in [0.15, 0.2) is 0 Å². The Morgan fingerprint density at radius 1 is 0.846 bits per heavy atom. The number of aryl methyl sites for hydroxylation is 2. The van der Waals surface area contributed by atoms with Crippen LogP contribution in [-0.4, -0.2) is 44.3 Å². The van der Waals surface area contributed by atoms with E-state index < -0.39 is 28.5 Å². The zero-order chi connectivity index (χ0) is 28.7. The van der Waals surface area contributed by atoms with E-state index in [1.807, 2.05) is 71.0 Å². The number of carbonyl (C=O) groups excluding carboxylic acids is 2. The molecule has 0 aliphatic heterocycles. The number of hydrogen-bond acceptors (Lipinski definition) is 4. The molecule has 39 heavy (non-hydrogen) atoms. The number of nitrogens with one attached hydrogen (secondary N) is 1. The fraction of sp³-hybridized carbons (Fsp3) is 0.355. The Labute approximate surface area is 232 Å². The van der Waals surface area contributed by atoms with Crippen LogP contribution in [0.1, 0.15) is 43.0 Å². The van der Waals surface area contributed by atoms with E-state index in [0.717, 1.165) is 22.3 Å². The molecule has 3 rings (SSSR count). The molecule has 0 aromatic heterocycles. The van der Waals surface area contributed by atoms with Crippen molar-refractivity contribution in [3.05, 3.63) is 95.1 Å². The van der Waals surface area contributed by atoms with Crippen LogP contribution in [0.2, 0.25) is 0 Å². The SMILES string of the molecule is Cc1ccc(S(=O)(=O)N(CC(=O)N(Cc2ccccc2)[C@@H](C)C(=O)NCC(C)C)c2cccc(C)c2C)cc1. The van der Waals surface area contributed by atoms with Crippen molar-refractivity contribution in [1.29, 1.82) is 0 Å². The number of hydrogen-bond donors (Lipinski definition) is 1. The summed E-state index contributed by atoms with van der Waals surface area (Å²) in [5.41, 5.74) is 3.87. The third kappa shape index (κ3) is 7.47. The summed E-state index contributed by atoms with van der Waals surface area (Å²) in [5.74, 6) is -0.505. The smallest absolute Gasteiger partial charge is 0.264 e. The molecule has 0 radical (unpaired) electrons. The highest BCUT2D eigenvalue weighted by atomic mass is 32.2. The van der Waals surface area contributed by atoms with Gasteiger partial charge in [0.25, 0.3) is 10.0 Å². The van der Waals surface area contributed by atoms with Crippen molar-refractivity contribution in [2.24, 2.45) is 5.92 Å². The minimum Gasteiger partial charge on any atom is -0.354 e. The number of amides is 2. The quantitative estimate of drug-likeness (QED) is 0.365. The Kier molecular flexibility index (Phi) is 9.92. The van der Waals surface area contributed by atoms with Gasteiger partial charge in [0.2, 0.25) is 11.8 Å². The largest absolute Gasteiger partial charge is 0.354 e. The summed E-state index contributed by atoms with van der Waals surface area (Å²) in [6.45, 7) is 11.5. The molecule has 7 nitrogen and oxygen atoms in total. The number of carbonyl (C=O) groups is 2. The van der Waals surface area contributed by atoms with Crippen LogP contribution < -0.4 is 9.62 Å². The van der Waals surface area contributed by atoms with Crippen LogP contribution >= 0.6 is 0 Å². The fourth-order valence-corrected chi connectivity index (χ4v) is 5.64. The van der Waals surface area contributed by atoms with Gasteiger partial charge in [-0.2, -0.15) is 0 Å². The Bertz CT molecular complexity index is 1390. The minimum absolute atomic E-state index is 0.0964. The first-order valence-corrected chi connectivity index (χ1v) is 14.6. The fourth-order valence-electron chi connectivity index (χ4n) is 4.17. The van der Waals surface area contributed by atoms with Gasteiger partial charge in [-0.05, 0) is 68.5 Å². The zero-order valence-electron chi connectivity index (χ0n) is 23.6. The second-order valence-electron chi connectivity index (χ2n) is 10.4. The van der Waals surface area contributed by atoms with E-state index in [0.29, 0.717) is 12.2 Å². The Hall–Kier alpha value is -3.65. The molecule has 0 heterocycles. The average Bonchev–Trinajstić information content (AvgIpc) is 2.91. The van der Waals surface area contributed by atoms with Gasteiger partial charge in [0.1, 0.15) is 12.6 Å². The van der Waals surface area contributed by atoms with Gasteiger partial charge in [-0.1, -0.05) is 74.0 Å². The molecule has 8 heteroatoms. The van der Waals surface area contributed by atoms with Gasteiger partial charge in [0.05, 0.1) is 10.6 Å². The van der Waals surface area contributed by atoms with Crippen molar-refractivity contribution < 1.29 is 18.0 Å². The molecular weight excluding hydrogens is 510 g/mol. The van der Waals surface area contributed by atoms with E-state index in [1.54, 1.807) is 43.3 Å². The molecule has 1 N–H and O–H groups in total. The van der Waals surface area contributed by atoms with Gasteiger partial charge in [-0.3, -0.25) is 13.9 Å². The predicted molar refractivity (Wildman–Crippen MR) is 156 cm³/mol. The van der Waals surface area contributed by atoms with E-state index in [4.69, 9.17) is 0 Å². The lowest BCUT2D eigenvalue weighted by Crippen LogP contribution is -2.51. The molecule has 0 fully saturated rings. The zero-order valence-corrected chi connectivity index (χ0v) is 24.5. The summed E-state index contributed by atoms with van der Waals surface area (Å²) in [5, 5.41) is 2.90. The Morgan fingerprint density at radius 2 is 1.49 bits per heavy atom. The van der Waals surface area contributed by atoms with Crippen molar-refractivity contribution in [2.45, 2.75) is 59.0 Å². The normalized spacial score (nSPS) is 12.2. The molecule has 0 saturated carbocycles. The highest BCUT2D eigenvalue weighted by Crippen LogP contribution is 2.29. The van der Waals surface area contributed by atoms with Crippen molar-refractivity contribution in [1.82, 2.24) is 10.2 Å². The third-order valence-electron chi connectivity index (χ3n) is 6.78. The molecule has 0 aliphatic rings. The summed E-state index contributed by atoms with van der Waals surface area (Å²) in [7, 11) is -4.09. The first kappa shape index (κ1) is 29.9. The second kappa shape index (κ2) is 12.9. The molecular formula is C31H39N3O4S. The number of sulfonamides is 1. The molecule has 3 aromatic carbocycles. The van der Waals surface area contributed by atoms with Gasteiger partial charge < -0.3 is 10.2 Å². The Morgan fingerprint density at radius 3 is 2.10 bits per heavy atom. The monoisotopic (exact) mass is 549 g/mol. The van der Waals surface area contributed by atoms with E-state index in [1.165, 1.54) is 9.21 Å². The predicted octanol–water partition coefficient (Wildman–Crippen LogP) is 5.00. The topological polar surface area (TPSA) is 86.8 Å². The summed E-state index contributed by atoms with van der Waals surface area (Å²) in [6.07, 6.45) is 0. The summed E-state index contributed by atoms with van der Waals surface area (Å²) in [6, 6.07) is 20.5. The lowest BCUT2D eigenvalue weighted by Gasteiger charge is -2.32. The van der Waals surface area contributed by atoms with Crippen molar-refractivity contribution in [3.8, 4) is 0 Å². The van der Waals surface area contributed by atoms with E-state index in [-0.39, 0.29) is 23.3 Å². The van der Waals surface area contributed by atoms with E-state index in [2.05, 4.69) is 5.32 Å². The summed E-state index contributed by atoms with van der Waals surface area (Å²) in [4.78, 5) is 28.6. The molecule has 3 aromatic rings. The maximum absolute atomic E-state index is 14.0. The van der Waals surface area contributed by atoms with Crippen LogP contribution in [0.25, 0.3) is 0 Å². The highest BCUT2D eigenvalue weighted by Gasteiger charge is 2.33. The standard InChI is InChI=1S/C31H39N3O4S/c1-22(2)19-32-31(36)26(6)33(20-27-12-8-7-9-13-27)30(35)21-34(29-14-10-11-24(4)25(29)5)39(37,38)28-17-15-23(3)16-18-28/h7-18,22,26H,19-21H2,1-6H3,(H,32,36)/t26-/m0/s1. The van der Waals surface area contributed by atoms with Gasteiger partial charge in [0, 0.05) is 13.1 Å². The highest BCUT2D eigenvalue weighted by molar-refractivity contribution is 7.92. The summed E-state index contributed by atoms with van der Waals surface area (Å²) < 4.78 is 29.1. The lowest BCUT2D eigenvalue weighted by atomic mass is 10.1. The molecule has 0 spiro atoms. The Balaban J connectivity index is 2.04. The molecule has 0 bridgehead atoms. The minimum atomic E-state index is -4.09. The number of rotatable bonds is 11. The van der Waals surface area contributed by atoms with Crippen LogP contribution in [0.5, 0.6) is 0 Å². The molecule has 0 unspecified atom stereocenters. The molecule has 208 valence electrons. The van der Waals surface area contributed by atoms with Crippen molar-refractivity contribution in [2.75, 3.05) is 17.4 Å². The number of nitrogens with zero attached hydrogens (tertiary/aromatic N) is 2. The molecule has 2 amide bonds. The van der Waals surface area contributed by atoms with Crippen molar-refractivity contribution >= 4 is 27.5 Å². The maximum Gasteiger partial charge on any atom is 0.264 e. The van der Waals surface area contributed by atoms with Gasteiger partial charge in [-0.25, -0.2) is 8.42 Å². The average molecular weight is 550 g/mol. The first-order valence-electron chi connectivity index (χ1n) is 13.2. The van der Waals surface area contributed by atoms with E-state index in [9.17, 15) is 18.0 Å². The summed E-state index contributed by atoms with van der Waals surface area (Å²) >= 11 is 0. The van der Waals surface area contributed by atoms with Gasteiger partial charge in [-0.15, -0.1) is 0 Å².